The van der Waals surface area contributed by atoms with Crippen LogP contribution in [0.1, 0.15) is 90.9 Å². The highest BCUT2D eigenvalue weighted by Crippen LogP contribution is 2.66. The van der Waals surface area contributed by atoms with Crippen LogP contribution in [0.15, 0.2) is 65.9 Å². The quantitative estimate of drug-likeness (QED) is 0.0150. The number of aromatic nitrogens is 2. The molecule has 3 aliphatic rings. The number of ether oxygens (including phenoxy) is 2. The number of amides is 2. The van der Waals surface area contributed by atoms with E-state index in [0.29, 0.717) is 90.6 Å². The van der Waals surface area contributed by atoms with Crippen molar-refractivity contribution in [3.05, 3.63) is 93.8 Å². The minimum Gasteiger partial charge on any atom is -0.491 e. The lowest BCUT2D eigenvalue weighted by molar-refractivity contribution is -0.307. The first kappa shape index (κ1) is 52.5. The van der Waals surface area contributed by atoms with E-state index in [4.69, 9.17) is 35.4 Å². The molecule has 2 aromatic carbocycles. The maximum atomic E-state index is 14.1. The molecule has 380 valence electrons. The maximum Gasteiger partial charge on any atom is 0.355 e. The zero-order valence-corrected chi connectivity index (χ0v) is 41.8. The van der Waals surface area contributed by atoms with Crippen molar-refractivity contribution in [3.8, 4) is 5.75 Å². The number of pyridine rings is 1. The first-order valence-corrected chi connectivity index (χ1v) is 24.7. The third-order valence-corrected chi connectivity index (χ3v) is 14.7. The van der Waals surface area contributed by atoms with Crippen molar-refractivity contribution in [1.82, 2.24) is 30.3 Å². The number of hydrogen-bond acceptors (Lipinski definition) is 16. The van der Waals surface area contributed by atoms with E-state index >= 15 is 0 Å². The number of carboxylic acid groups (broad SMARTS) is 2. The van der Waals surface area contributed by atoms with Crippen LogP contribution < -0.4 is 20.3 Å². The molecule has 4 aromatic rings. The second kappa shape index (κ2) is 22.9. The Balaban J connectivity index is 1.10. The minimum atomic E-state index is -1.26. The van der Waals surface area contributed by atoms with Gasteiger partial charge >= 0.3 is 11.9 Å². The summed E-state index contributed by atoms with van der Waals surface area (Å²) in [5, 5.41) is 53.6. The third kappa shape index (κ3) is 12.4. The maximum absolute atomic E-state index is 14.1. The molecule has 0 bridgehead atoms. The molecule has 0 radical (unpaired) electrons. The van der Waals surface area contributed by atoms with Gasteiger partial charge in [-0.1, -0.05) is 61.1 Å². The Morgan fingerprint density at radius 2 is 1.77 bits per heavy atom. The van der Waals surface area contributed by atoms with E-state index in [1.165, 1.54) is 21.8 Å². The summed E-state index contributed by atoms with van der Waals surface area (Å²) < 4.78 is 13.5. The number of likely N-dealkylation sites (N-methyl/N-ethyl adjacent to an activating group) is 1. The number of hydrogen-bond donors (Lipinski definition) is 7. The summed E-state index contributed by atoms with van der Waals surface area (Å²) >= 11 is 1.35. The number of fused-ring (bicyclic) bond motifs is 3. The normalized spacial score (nSPS) is 19.7. The molecule has 1 saturated carbocycles. The lowest BCUT2D eigenvalue weighted by atomic mass is 9.48. The average molecular weight is 996 g/mol. The van der Waals surface area contributed by atoms with Crippen molar-refractivity contribution < 1.29 is 49.3 Å². The van der Waals surface area contributed by atoms with E-state index < -0.39 is 11.9 Å². The van der Waals surface area contributed by atoms with Gasteiger partial charge in [-0.3, -0.25) is 30.1 Å². The number of para-hydroxylation sites is 1. The number of aliphatic carboxylic acids is 1. The molecule has 2 aliphatic carbocycles. The summed E-state index contributed by atoms with van der Waals surface area (Å²) in [5.74, 6) is -1.30. The smallest absolute Gasteiger partial charge is 0.355 e. The Kier molecular flexibility index (Phi) is 16.9. The predicted molar refractivity (Wildman–Crippen MR) is 270 cm³/mol. The van der Waals surface area contributed by atoms with Crippen molar-refractivity contribution in [2.24, 2.45) is 16.7 Å². The topological polar surface area (TPSA) is 254 Å². The number of thiazole rings is 1. The highest BCUT2D eigenvalue weighted by molar-refractivity contribution is 7.22. The number of aromatic carboxylic acids is 1. The number of carbonyl (C=O) groups is 4. The van der Waals surface area contributed by atoms with Crippen LogP contribution in [0.2, 0.25) is 0 Å². The van der Waals surface area contributed by atoms with Gasteiger partial charge in [0, 0.05) is 78.9 Å². The van der Waals surface area contributed by atoms with Gasteiger partial charge in [-0.05, 0) is 92.9 Å². The van der Waals surface area contributed by atoms with Crippen LogP contribution in [-0.4, -0.2) is 148 Å². The molecule has 2 amide bonds. The fourth-order valence-electron chi connectivity index (χ4n) is 10.6. The first-order valence-electron chi connectivity index (χ1n) is 23.9. The number of nitrogens with one attached hydrogen (secondary N) is 3. The van der Waals surface area contributed by atoms with Crippen LogP contribution in [0.4, 0.5) is 10.9 Å². The van der Waals surface area contributed by atoms with Crippen LogP contribution in [0, 0.1) is 22.2 Å². The number of hydroxylamine groups is 2. The van der Waals surface area contributed by atoms with Gasteiger partial charge in [0.05, 0.1) is 42.4 Å². The molecule has 71 heavy (non-hydrogen) atoms. The highest BCUT2D eigenvalue weighted by Gasteiger charge is 2.59. The molecule has 2 aromatic heterocycles. The summed E-state index contributed by atoms with van der Waals surface area (Å²) in [5.41, 5.74) is 4.82. The van der Waals surface area contributed by atoms with Crippen molar-refractivity contribution in [1.29, 1.82) is 5.41 Å². The van der Waals surface area contributed by atoms with Crippen LogP contribution in [-0.2, 0) is 27.3 Å². The van der Waals surface area contributed by atoms with E-state index in [1.54, 1.807) is 24.3 Å². The zero-order valence-electron chi connectivity index (χ0n) is 40.9. The minimum absolute atomic E-state index is 0.0166. The number of anilines is 2. The standard InChI is InChI=1S/C51H65N9O10S/c1-32(2)25-50(4)29-51(26-34(24-43(50)51)69-22-20-57(5)18-19-60(67)68)30-53-33(3)38(27-52)36-11-13-44(55-46(36)48(65)66)59-17-14-35-39(28-59)37(47(64)56-49-54-40-8-6-7-9-42(40)71-49)10-12-41(35)70-23-21-58(31-61)16-15-45(62)63/h6-13,24,27,31-32,34,52-53,67-68H,14-23,25-26,28-30H2,1-5H3,(H,62,63)(H,65,66)(H,54,56,64)/b38-33+,52-27?. The van der Waals surface area contributed by atoms with Gasteiger partial charge in [-0.25, -0.2) is 14.8 Å². The Morgan fingerprint density at radius 3 is 2.48 bits per heavy atom. The van der Waals surface area contributed by atoms with Gasteiger partial charge < -0.3 is 45.1 Å². The largest absolute Gasteiger partial charge is 0.491 e. The summed E-state index contributed by atoms with van der Waals surface area (Å²) in [4.78, 5) is 64.4. The van der Waals surface area contributed by atoms with Gasteiger partial charge in [0.2, 0.25) is 6.41 Å². The first-order chi connectivity index (χ1) is 33.9. The molecule has 7 N–H and O–H groups in total. The monoisotopic (exact) mass is 995 g/mol. The molecule has 1 aliphatic heterocycles. The van der Waals surface area contributed by atoms with Crippen molar-refractivity contribution in [3.63, 3.8) is 0 Å². The average Bonchev–Trinajstić information content (AvgIpc) is 3.89. The van der Waals surface area contributed by atoms with Gasteiger partial charge in [0.25, 0.3) is 5.91 Å². The lowest BCUT2D eigenvalue weighted by Crippen LogP contribution is -2.51. The van der Waals surface area contributed by atoms with Crippen molar-refractivity contribution in [2.75, 3.05) is 76.3 Å². The molecule has 19 nitrogen and oxygen atoms in total. The van der Waals surface area contributed by atoms with Gasteiger partial charge in [-0.2, -0.15) is 0 Å². The number of rotatable bonds is 26. The second-order valence-electron chi connectivity index (χ2n) is 19.4. The zero-order chi connectivity index (χ0) is 51.0. The number of carboxylic acids is 2. The van der Waals surface area contributed by atoms with E-state index in [1.807, 2.05) is 48.0 Å². The molecular weight excluding hydrogens is 931 g/mol. The third-order valence-electron chi connectivity index (χ3n) is 13.7. The summed E-state index contributed by atoms with van der Waals surface area (Å²) in [7, 11) is 1.90. The van der Waals surface area contributed by atoms with Crippen LogP contribution >= 0.6 is 11.3 Å². The Hall–Kier alpha value is -6.29. The Labute approximate surface area is 417 Å². The molecule has 1 fully saturated rings. The van der Waals surface area contributed by atoms with E-state index in [0.717, 1.165) is 41.3 Å². The number of allylic oxidation sites excluding steroid dienone is 2. The molecule has 3 atom stereocenters. The number of carbonyl (C=O) groups excluding carboxylic acids is 2. The molecular formula is C51H65N9O10S. The van der Waals surface area contributed by atoms with Crippen LogP contribution in [0.25, 0.3) is 15.8 Å². The van der Waals surface area contributed by atoms with Crippen LogP contribution in [0.3, 0.4) is 0 Å². The van der Waals surface area contributed by atoms with Gasteiger partial charge in [0.1, 0.15) is 18.2 Å². The number of benzene rings is 2. The van der Waals surface area contributed by atoms with Crippen LogP contribution in [0.5, 0.6) is 5.75 Å². The molecule has 3 unspecified atom stereocenters. The molecule has 0 saturated heterocycles. The van der Waals surface area contributed by atoms with Crippen molar-refractivity contribution >= 4 is 68.5 Å². The summed E-state index contributed by atoms with van der Waals surface area (Å²) in [6.45, 7) is 11.7. The molecule has 7 rings (SSSR count). The highest BCUT2D eigenvalue weighted by atomic mass is 32.1. The van der Waals surface area contributed by atoms with E-state index in [9.17, 15) is 24.3 Å². The molecule has 0 spiro atoms. The molecule has 20 heteroatoms. The fourth-order valence-corrected chi connectivity index (χ4v) is 11.5. The van der Waals surface area contributed by atoms with Gasteiger partial charge in [0.15, 0.2) is 10.8 Å². The SMILES string of the molecule is C/C(NCC12CC(OCCN(C)CCN(O)O)C=C1C(C)(CC(C)C)C2)=C(/C=N)c1ccc(N2CCc3c(OCCN(C=O)CCC(=O)O)ccc(C(=O)Nc4nc5ccccc5s4)c3C2)nc1C(=O)O. The van der Waals surface area contributed by atoms with E-state index in [2.05, 4.69) is 42.5 Å². The summed E-state index contributed by atoms with van der Waals surface area (Å²) in [6, 6.07) is 14.4. The predicted octanol–water partition coefficient (Wildman–Crippen LogP) is 6.66. The Bertz CT molecular complexity index is 2660. The number of nitrogens with zero attached hydrogens (tertiary/aromatic N) is 6. The second-order valence-corrected chi connectivity index (χ2v) is 20.5. The summed E-state index contributed by atoms with van der Waals surface area (Å²) in [6.07, 6.45) is 6.89. The fraction of sp³-hybridized carbons (Fsp3) is 0.471. The Morgan fingerprint density at radius 1 is 1.00 bits per heavy atom. The van der Waals surface area contributed by atoms with Crippen molar-refractivity contribution in [2.45, 2.75) is 72.4 Å². The van der Waals surface area contributed by atoms with E-state index in [-0.39, 0.29) is 78.5 Å². The van der Waals surface area contributed by atoms with Gasteiger partial charge in [-0.15, -0.1) is 0 Å². The molecule has 3 heterocycles. The lowest BCUT2D eigenvalue weighted by Gasteiger charge is -2.56.